The molecule has 0 aliphatic rings. The maximum absolute atomic E-state index is 11.8. The van der Waals surface area contributed by atoms with E-state index >= 15 is 0 Å². The normalized spacial score (nSPS) is 10.3. The number of carboxylic acids is 1. The van der Waals surface area contributed by atoms with E-state index in [1.807, 2.05) is 6.20 Å². The maximum atomic E-state index is 11.8. The van der Waals surface area contributed by atoms with Crippen molar-refractivity contribution < 1.29 is 19.4 Å². The lowest BCUT2D eigenvalue weighted by Gasteiger charge is -2.07. The van der Waals surface area contributed by atoms with Crippen LogP contribution in [0.4, 0.5) is 0 Å². The van der Waals surface area contributed by atoms with Gasteiger partial charge in [-0.2, -0.15) is 0 Å². The summed E-state index contributed by atoms with van der Waals surface area (Å²) < 4.78 is 5.12. The van der Waals surface area contributed by atoms with Gasteiger partial charge in [-0.25, -0.2) is 9.59 Å². The van der Waals surface area contributed by atoms with Gasteiger partial charge in [-0.1, -0.05) is 90.2 Å². The first kappa shape index (κ1) is 29.3. The van der Waals surface area contributed by atoms with Gasteiger partial charge in [0.05, 0.1) is 23.4 Å². The van der Waals surface area contributed by atoms with Crippen LogP contribution in [0.2, 0.25) is 0 Å². The number of carboxylic acid groups (broad SMARTS) is 1. The Morgan fingerprint density at radius 1 is 0.794 bits per heavy atom. The van der Waals surface area contributed by atoms with Gasteiger partial charge in [-0.3, -0.25) is 9.97 Å². The zero-order chi connectivity index (χ0) is 24.9. The smallest absolute Gasteiger partial charge is 0.339 e. The molecule has 2 rings (SSSR count). The Labute approximate surface area is 205 Å². The number of hydrogen-bond acceptors (Lipinski definition) is 5. The number of ether oxygens (including phenoxy) is 1. The molecule has 6 heteroatoms. The monoisotopic (exact) mass is 470 g/mol. The molecule has 6 nitrogen and oxygen atoms in total. The van der Waals surface area contributed by atoms with E-state index < -0.39 is 11.9 Å². The summed E-state index contributed by atoms with van der Waals surface area (Å²) in [4.78, 5) is 31.1. The minimum absolute atomic E-state index is 0.0135. The molecule has 0 amide bonds. The van der Waals surface area contributed by atoms with Crippen molar-refractivity contribution in [2.45, 2.75) is 97.3 Å². The predicted molar refractivity (Wildman–Crippen MR) is 136 cm³/mol. The van der Waals surface area contributed by atoms with Crippen LogP contribution in [0.5, 0.6) is 0 Å². The number of esters is 1. The second-order valence-electron chi connectivity index (χ2n) is 8.47. The van der Waals surface area contributed by atoms with Gasteiger partial charge in [0.25, 0.3) is 0 Å². The number of carbonyl (C=O) groups excluding carboxylic acids is 1. The summed E-state index contributed by atoms with van der Waals surface area (Å²) in [5.74, 6) is -1.67. The molecule has 1 aromatic carbocycles. The second kappa shape index (κ2) is 19.7. The molecule has 0 atom stereocenters. The van der Waals surface area contributed by atoms with E-state index in [0.717, 1.165) is 31.4 Å². The van der Waals surface area contributed by atoms with E-state index in [1.165, 1.54) is 69.9 Å². The number of aromatic carboxylic acids is 1. The highest BCUT2D eigenvalue weighted by Crippen LogP contribution is 2.11. The third kappa shape index (κ3) is 13.7. The van der Waals surface area contributed by atoms with Crippen LogP contribution in [-0.2, 0) is 11.2 Å². The van der Waals surface area contributed by atoms with E-state index in [2.05, 4.69) is 23.8 Å². The Balaban J connectivity index is 0.000000362. The topological polar surface area (TPSA) is 89.4 Å². The molecule has 1 N–H and O–H groups in total. The van der Waals surface area contributed by atoms with Gasteiger partial charge in [0.2, 0.25) is 0 Å². The van der Waals surface area contributed by atoms with Gasteiger partial charge in [-0.15, -0.1) is 0 Å². The van der Waals surface area contributed by atoms with Crippen molar-refractivity contribution in [1.29, 1.82) is 0 Å². The van der Waals surface area contributed by atoms with Crippen LogP contribution >= 0.6 is 0 Å². The van der Waals surface area contributed by atoms with Crippen LogP contribution in [-0.4, -0.2) is 33.6 Å². The Morgan fingerprint density at radius 3 is 1.97 bits per heavy atom. The van der Waals surface area contributed by atoms with E-state index in [0.29, 0.717) is 6.61 Å². The fraction of sp³-hybridized carbons (Fsp3) is 0.571. The molecule has 0 aliphatic heterocycles. The van der Waals surface area contributed by atoms with Crippen molar-refractivity contribution in [3.05, 3.63) is 59.7 Å². The van der Waals surface area contributed by atoms with E-state index in [9.17, 15) is 9.59 Å². The summed E-state index contributed by atoms with van der Waals surface area (Å²) in [6, 6.07) is 6.11. The number of unbranched alkanes of at least 4 members (excludes halogenated alkanes) is 10. The van der Waals surface area contributed by atoms with Crippen LogP contribution in [0.25, 0.3) is 0 Å². The molecular weight excluding hydrogens is 428 g/mol. The van der Waals surface area contributed by atoms with Crippen molar-refractivity contribution in [2.24, 2.45) is 0 Å². The molecule has 34 heavy (non-hydrogen) atoms. The van der Waals surface area contributed by atoms with Crippen LogP contribution in [0, 0.1) is 0 Å². The highest BCUT2D eigenvalue weighted by Gasteiger charge is 2.16. The van der Waals surface area contributed by atoms with Crippen molar-refractivity contribution >= 4 is 11.9 Å². The zero-order valence-corrected chi connectivity index (χ0v) is 21.0. The fourth-order valence-electron chi connectivity index (χ4n) is 3.52. The van der Waals surface area contributed by atoms with Crippen LogP contribution in [0.3, 0.4) is 0 Å². The first-order valence-corrected chi connectivity index (χ1v) is 12.8. The molecule has 0 spiro atoms. The number of rotatable bonds is 16. The summed E-state index contributed by atoms with van der Waals surface area (Å²) in [5.41, 5.74) is 1.23. The lowest BCUT2D eigenvalue weighted by Crippen LogP contribution is -2.12. The summed E-state index contributed by atoms with van der Waals surface area (Å²) in [6.07, 6.45) is 21.2. The Bertz CT molecular complexity index is 796. The van der Waals surface area contributed by atoms with Crippen molar-refractivity contribution in [2.75, 3.05) is 6.61 Å². The molecule has 0 fully saturated rings. The van der Waals surface area contributed by atoms with Crippen molar-refractivity contribution in [3.63, 3.8) is 0 Å². The lowest BCUT2D eigenvalue weighted by atomic mass is 10.1. The molecule has 0 saturated heterocycles. The molecule has 1 aromatic heterocycles. The number of benzene rings is 1. The molecular formula is C28H42N2O4. The third-order valence-electron chi connectivity index (χ3n) is 5.51. The summed E-state index contributed by atoms with van der Waals surface area (Å²) in [5, 5.41) is 9.00. The van der Waals surface area contributed by atoms with Crippen LogP contribution < -0.4 is 0 Å². The van der Waals surface area contributed by atoms with Crippen molar-refractivity contribution in [1.82, 2.24) is 9.97 Å². The highest BCUT2D eigenvalue weighted by molar-refractivity contribution is 6.02. The summed E-state index contributed by atoms with van der Waals surface area (Å²) >= 11 is 0. The first-order chi connectivity index (χ1) is 16.6. The number of carbonyl (C=O) groups is 2. The van der Waals surface area contributed by atoms with E-state index in [4.69, 9.17) is 9.84 Å². The number of aromatic nitrogens is 2. The van der Waals surface area contributed by atoms with E-state index in [-0.39, 0.29) is 11.1 Å². The van der Waals surface area contributed by atoms with Gasteiger partial charge >= 0.3 is 11.9 Å². The molecule has 0 saturated carbocycles. The molecule has 188 valence electrons. The average molecular weight is 471 g/mol. The molecule has 0 aliphatic carbocycles. The minimum Gasteiger partial charge on any atom is -0.478 e. The molecule has 0 radical (unpaired) electrons. The lowest BCUT2D eigenvalue weighted by molar-refractivity contribution is 0.0487. The van der Waals surface area contributed by atoms with Gasteiger partial charge in [0, 0.05) is 18.6 Å². The van der Waals surface area contributed by atoms with Crippen LogP contribution in [0.15, 0.2) is 42.9 Å². The summed E-state index contributed by atoms with van der Waals surface area (Å²) in [6.45, 7) is 4.76. The number of aryl methyl sites for hydroxylation is 1. The van der Waals surface area contributed by atoms with Gasteiger partial charge in [0.15, 0.2) is 0 Å². The van der Waals surface area contributed by atoms with Crippen molar-refractivity contribution in [3.8, 4) is 0 Å². The SMILES string of the molecule is CCCCCCCCOC(=O)c1ccccc1C(=O)O.CCCCCCCCc1cnccn1. The standard InChI is InChI=1S/C16H22O4.C12H20N2/c1-2-3-4-5-6-9-12-20-16(19)14-11-8-7-10-13(14)15(17)18;1-2-3-4-5-6-7-8-12-11-13-9-10-14-12/h7-8,10-11H,2-6,9,12H2,1H3,(H,17,18);9-11H,2-8H2,1H3. The molecule has 0 unspecified atom stereocenters. The molecule has 0 bridgehead atoms. The van der Waals surface area contributed by atoms with Gasteiger partial charge < -0.3 is 9.84 Å². The summed E-state index contributed by atoms with van der Waals surface area (Å²) in [7, 11) is 0. The Morgan fingerprint density at radius 2 is 1.38 bits per heavy atom. The predicted octanol–water partition coefficient (Wildman–Crippen LogP) is 7.28. The van der Waals surface area contributed by atoms with E-state index in [1.54, 1.807) is 24.5 Å². The minimum atomic E-state index is -1.11. The Kier molecular flexibility index (Phi) is 16.9. The second-order valence-corrected chi connectivity index (χ2v) is 8.47. The number of nitrogens with zero attached hydrogens (tertiary/aromatic N) is 2. The van der Waals surface area contributed by atoms with Gasteiger partial charge in [0.1, 0.15) is 0 Å². The first-order valence-electron chi connectivity index (χ1n) is 12.8. The quantitative estimate of drug-likeness (QED) is 0.205. The largest absolute Gasteiger partial charge is 0.478 e. The van der Waals surface area contributed by atoms with Crippen LogP contribution in [0.1, 0.15) is 117 Å². The molecule has 2 aromatic rings. The fourth-order valence-corrected chi connectivity index (χ4v) is 3.52. The van der Waals surface area contributed by atoms with Gasteiger partial charge in [-0.05, 0) is 31.4 Å². The third-order valence-corrected chi connectivity index (χ3v) is 5.51. The zero-order valence-electron chi connectivity index (χ0n) is 21.0. The molecule has 1 heterocycles. The maximum Gasteiger partial charge on any atom is 0.339 e. The average Bonchev–Trinajstić information content (AvgIpc) is 2.86. The Hall–Kier alpha value is -2.76. The number of hydrogen-bond donors (Lipinski definition) is 1. The highest BCUT2D eigenvalue weighted by atomic mass is 16.5.